The summed E-state index contributed by atoms with van der Waals surface area (Å²) in [7, 11) is 0. The minimum Gasteiger partial charge on any atom is -0.549 e. The number of carbonyl (C=O) groups is 1. The number of aliphatic carboxylic acids is 1. The Kier molecular flexibility index (Phi) is 15.4. The molecule has 14 heavy (non-hydrogen) atoms. The molecule has 0 aromatic carbocycles. The SMILES string of the molecule is CCCCCCCCC(I)C(=O)[O-].[Na+]. The molecule has 0 saturated heterocycles. The summed E-state index contributed by atoms with van der Waals surface area (Å²) in [5.41, 5.74) is 0. The van der Waals surface area contributed by atoms with Crippen LogP contribution in [0.3, 0.4) is 0 Å². The molecule has 0 rings (SSSR count). The molecular weight excluding hydrogens is 302 g/mol. The van der Waals surface area contributed by atoms with Gasteiger partial charge in [-0.1, -0.05) is 68.0 Å². The van der Waals surface area contributed by atoms with Gasteiger partial charge in [0.25, 0.3) is 0 Å². The van der Waals surface area contributed by atoms with Crippen molar-refractivity contribution in [1.29, 1.82) is 0 Å². The Morgan fingerprint density at radius 1 is 1.21 bits per heavy atom. The first-order chi connectivity index (χ1) is 6.18. The van der Waals surface area contributed by atoms with Gasteiger partial charge in [-0.2, -0.15) is 0 Å². The molecule has 78 valence electrons. The summed E-state index contributed by atoms with van der Waals surface area (Å²) in [4.78, 5) is 10.3. The molecule has 1 atom stereocenters. The first-order valence-electron chi connectivity index (χ1n) is 5.03. The van der Waals surface area contributed by atoms with Crippen LogP contribution < -0.4 is 34.7 Å². The van der Waals surface area contributed by atoms with Gasteiger partial charge in [-0.05, 0) is 6.42 Å². The van der Waals surface area contributed by atoms with Gasteiger partial charge >= 0.3 is 29.6 Å². The molecule has 0 bridgehead atoms. The normalized spacial score (nSPS) is 11.9. The van der Waals surface area contributed by atoms with Crippen molar-refractivity contribution < 1.29 is 39.5 Å². The van der Waals surface area contributed by atoms with E-state index in [0.717, 1.165) is 19.3 Å². The quantitative estimate of drug-likeness (QED) is 0.257. The summed E-state index contributed by atoms with van der Waals surface area (Å²) in [6, 6.07) is 0. The van der Waals surface area contributed by atoms with E-state index in [1.165, 1.54) is 25.7 Å². The topological polar surface area (TPSA) is 40.1 Å². The minimum absolute atomic E-state index is 0. The molecule has 2 nitrogen and oxygen atoms in total. The second kappa shape index (κ2) is 12.3. The first-order valence-corrected chi connectivity index (χ1v) is 6.28. The molecule has 0 aromatic heterocycles. The monoisotopic (exact) mass is 320 g/mol. The van der Waals surface area contributed by atoms with Crippen LogP contribution in [0.5, 0.6) is 0 Å². The van der Waals surface area contributed by atoms with E-state index in [4.69, 9.17) is 0 Å². The number of carboxylic acid groups (broad SMARTS) is 1. The maximum absolute atomic E-state index is 10.3. The van der Waals surface area contributed by atoms with E-state index < -0.39 is 5.97 Å². The summed E-state index contributed by atoms with van der Waals surface area (Å²) < 4.78 is -0.302. The number of unbranched alkanes of at least 4 members (excludes halogenated alkanes) is 5. The van der Waals surface area contributed by atoms with Crippen molar-refractivity contribution >= 4 is 28.6 Å². The zero-order valence-corrected chi connectivity index (χ0v) is 13.4. The van der Waals surface area contributed by atoms with Gasteiger partial charge in [-0.25, -0.2) is 0 Å². The van der Waals surface area contributed by atoms with E-state index in [0.29, 0.717) is 0 Å². The van der Waals surface area contributed by atoms with Gasteiger partial charge in [0.1, 0.15) is 0 Å². The number of rotatable bonds is 8. The molecule has 0 heterocycles. The van der Waals surface area contributed by atoms with Crippen LogP contribution in [-0.2, 0) is 4.79 Å². The standard InChI is InChI=1S/C10H19IO2.Na/c1-2-3-4-5-6-7-8-9(11)10(12)13;/h9H,2-8H2,1H3,(H,12,13);/q;+1/p-1. The van der Waals surface area contributed by atoms with Gasteiger partial charge in [0, 0.05) is 0 Å². The second-order valence-electron chi connectivity index (χ2n) is 3.34. The van der Waals surface area contributed by atoms with E-state index in [9.17, 15) is 9.90 Å². The molecule has 0 aliphatic carbocycles. The molecular formula is C10H18INaO2. The molecule has 0 aromatic rings. The Morgan fingerprint density at radius 2 is 1.71 bits per heavy atom. The Balaban J connectivity index is 0. The van der Waals surface area contributed by atoms with Gasteiger partial charge in [-0.15, -0.1) is 0 Å². The number of carboxylic acids is 1. The van der Waals surface area contributed by atoms with E-state index in [1.807, 2.05) is 22.6 Å². The molecule has 0 amide bonds. The van der Waals surface area contributed by atoms with Gasteiger partial charge < -0.3 is 9.90 Å². The molecule has 0 aliphatic heterocycles. The largest absolute Gasteiger partial charge is 1.00 e. The third-order valence-corrected chi connectivity index (χ3v) is 3.20. The summed E-state index contributed by atoms with van der Waals surface area (Å²) in [6.45, 7) is 2.19. The van der Waals surface area contributed by atoms with Gasteiger partial charge in [0.05, 0.1) is 9.89 Å². The molecule has 0 aliphatic rings. The fraction of sp³-hybridized carbons (Fsp3) is 0.900. The van der Waals surface area contributed by atoms with Crippen LogP contribution in [0.15, 0.2) is 0 Å². The average Bonchev–Trinajstić information content (AvgIpc) is 2.10. The predicted molar refractivity (Wildman–Crippen MR) is 60.8 cm³/mol. The van der Waals surface area contributed by atoms with E-state index in [2.05, 4.69) is 6.92 Å². The fourth-order valence-electron chi connectivity index (χ4n) is 1.22. The van der Waals surface area contributed by atoms with Gasteiger partial charge in [0.15, 0.2) is 0 Å². The Hall–Kier alpha value is 1.20. The average molecular weight is 320 g/mol. The maximum atomic E-state index is 10.3. The summed E-state index contributed by atoms with van der Waals surface area (Å²) in [5, 5.41) is 10.3. The maximum Gasteiger partial charge on any atom is 1.00 e. The van der Waals surface area contributed by atoms with Crippen molar-refractivity contribution in [2.75, 3.05) is 0 Å². The smallest absolute Gasteiger partial charge is 0.549 e. The Labute approximate surface area is 123 Å². The van der Waals surface area contributed by atoms with Gasteiger partial charge in [0.2, 0.25) is 0 Å². The molecule has 0 fully saturated rings. The number of hydrogen-bond acceptors (Lipinski definition) is 2. The van der Waals surface area contributed by atoms with E-state index in [1.54, 1.807) is 0 Å². The van der Waals surface area contributed by atoms with Crippen molar-refractivity contribution in [2.24, 2.45) is 0 Å². The van der Waals surface area contributed by atoms with Crippen LogP contribution >= 0.6 is 22.6 Å². The predicted octanol–water partition coefficient (Wildman–Crippen LogP) is -0.705. The summed E-state index contributed by atoms with van der Waals surface area (Å²) in [5.74, 6) is -0.922. The molecule has 4 heteroatoms. The van der Waals surface area contributed by atoms with E-state index in [-0.39, 0.29) is 33.5 Å². The van der Waals surface area contributed by atoms with Crippen LogP contribution in [-0.4, -0.2) is 9.89 Å². The molecule has 0 radical (unpaired) electrons. The van der Waals surface area contributed by atoms with Crippen LogP contribution in [0, 0.1) is 0 Å². The second-order valence-corrected chi connectivity index (χ2v) is 4.85. The molecule has 0 spiro atoms. The zero-order chi connectivity index (χ0) is 10.1. The number of alkyl halides is 1. The van der Waals surface area contributed by atoms with Crippen molar-refractivity contribution in [3.8, 4) is 0 Å². The van der Waals surface area contributed by atoms with Crippen molar-refractivity contribution in [1.82, 2.24) is 0 Å². The Morgan fingerprint density at radius 3 is 2.21 bits per heavy atom. The fourth-order valence-corrected chi connectivity index (χ4v) is 1.66. The van der Waals surface area contributed by atoms with E-state index >= 15 is 0 Å². The van der Waals surface area contributed by atoms with Crippen LogP contribution in [0.4, 0.5) is 0 Å². The number of carbonyl (C=O) groups excluding carboxylic acids is 1. The third kappa shape index (κ3) is 11.3. The van der Waals surface area contributed by atoms with Crippen molar-refractivity contribution in [3.05, 3.63) is 0 Å². The molecule has 1 unspecified atom stereocenters. The first kappa shape index (κ1) is 17.6. The van der Waals surface area contributed by atoms with Crippen molar-refractivity contribution in [3.63, 3.8) is 0 Å². The number of hydrogen-bond donors (Lipinski definition) is 0. The summed E-state index contributed by atoms with van der Waals surface area (Å²) >= 11 is 1.94. The van der Waals surface area contributed by atoms with Crippen LogP contribution in [0.25, 0.3) is 0 Å². The summed E-state index contributed by atoms with van der Waals surface area (Å²) in [6.07, 6.45) is 8.02. The minimum atomic E-state index is -0.922. The Bertz CT molecular complexity index is 142. The number of halogens is 1. The third-order valence-electron chi connectivity index (χ3n) is 2.07. The van der Waals surface area contributed by atoms with Crippen molar-refractivity contribution in [2.45, 2.75) is 55.8 Å². The molecule has 0 N–H and O–H groups in total. The zero-order valence-electron chi connectivity index (χ0n) is 9.22. The van der Waals surface area contributed by atoms with Crippen LogP contribution in [0.1, 0.15) is 51.9 Å². The van der Waals surface area contributed by atoms with Gasteiger partial charge in [-0.3, -0.25) is 0 Å². The molecule has 0 saturated carbocycles. The van der Waals surface area contributed by atoms with Crippen LogP contribution in [0.2, 0.25) is 0 Å².